The van der Waals surface area contributed by atoms with Gasteiger partial charge in [-0.05, 0) is 18.8 Å². The van der Waals surface area contributed by atoms with Gasteiger partial charge in [-0.2, -0.15) is 5.10 Å². The van der Waals surface area contributed by atoms with E-state index in [1.807, 2.05) is 13.2 Å². The number of nitrogens with zero attached hydrogens (tertiary/aromatic N) is 2. The first-order valence-electron chi connectivity index (χ1n) is 6.47. The molecule has 1 aliphatic carbocycles. The second kappa shape index (κ2) is 5.51. The van der Waals surface area contributed by atoms with Crippen LogP contribution in [-0.2, 0) is 7.05 Å². The second-order valence-electron chi connectivity index (χ2n) is 5.00. The van der Waals surface area contributed by atoms with E-state index < -0.39 is 0 Å². The normalized spacial score (nSPS) is 20.1. The van der Waals surface area contributed by atoms with E-state index >= 15 is 0 Å². The largest absolute Gasteiger partial charge is 0.384 e. The monoisotopic (exact) mass is 237 g/mol. The van der Waals surface area contributed by atoms with Gasteiger partial charge in [-0.1, -0.05) is 25.7 Å². The predicted molar refractivity (Wildman–Crippen MR) is 68.9 cm³/mol. The molecule has 1 aromatic heterocycles. The molecular formula is C12H23N5. The van der Waals surface area contributed by atoms with E-state index in [-0.39, 0.29) is 6.04 Å². The molecule has 1 fully saturated rings. The zero-order valence-electron chi connectivity index (χ0n) is 10.5. The number of aryl methyl sites for hydroxylation is 1. The van der Waals surface area contributed by atoms with Gasteiger partial charge in [0.2, 0.25) is 0 Å². The number of hydrazine groups is 1. The van der Waals surface area contributed by atoms with Crippen molar-refractivity contribution in [3.8, 4) is 0 Å². The molecule has 2 rings (SSSR count). The summed E-state index contributed by atoms with van der Waals surface area (Å²) in [6.07, 6.45) is 9.57. The Kier molecular flexibility index (Phi) is 4.02. The molecule has 5 nitrogen and oxygen atoms in total. The molecule has 0 amide bonds. The zero-order chi connectivity index (χ0) is 12.3. The van der Waals surface area contributed by atoms with Crippen LogP contribution in [0.15, 0.2) is 6.20 Å². The maximum absolute atomic E-state index is 6.03. The fourth-order valence-electron chi connectivity index (χ4n) is 2.83. The molecule has 1 aliphatic rings. The summed E-state index contributed by atoms with van der Waals surface area (Å²) in [5, 5.41) is 4.20. The molecule has 17 heavy (non-hydrogen) atoms. The minimum Gasteiger partial charge on any atom is -0.384 e. The van der Waals surface area contributed by atoms with E-state index in [0.29, 0.717) is 5.92 Å². The molecule has 1 unspecified atom stereocenters. The third kappa shape index (κ3) is 2.61. The van der Waals surface area contributed by atoms with Crippen molar-refractivity contribution in [1.82, 2.24) is 15.2 Å². The van der Waals surface area contributed by atoms with Crippen LogP contribution in [0.5, 0.6) is 0 Å². The molecule has 1 heterocycles. The summed E-state index contributed by atoms with van der Waals surface area (Å²) in [5.41, 5.74) is 10.0. The number of anilines is 1. The van der Waals surface area contributed by atoms with E-state index in [1.165, 1.54) is 38.5 Å². The lowest BCUT2D eigenvalue weighted by Gasteiger charge is -2.25. The summed E-state index contributed by atoms with van der Waals surface area (Å²) in [4.78, 5) is 0. The lowest BCUT2D eigenvalue weighted by Crippen LogP contribution is -2.33. The van der Waals surface area contributed by atoms with Gasteiger partial charge in [-0.15, -0.1) is 0 Å². The van der Waals surface area contributed by atoms with Crippen LogP contribution in [0.4, 0.5) is 5.82 Å². The van der Waals surface area contributed by atoms with Crippen LogP contribution in [0.2, 0.25) is 0 Å². The third-order valence-electron chi connectivity index (χ3n) is 3.90. The quantitative estimate of drug-likeness (QED) is 0.422. The van der Waals surface area contributed by atoms with E-state index in [2.05, 4.69) is 10.5 Å². The molecule has 0 saturated heterocycles. The Morgan fingerprint density at radius 1 is 1.35 bits per heavy atom. The Morgan fingerprint density at radius 2 is 2.00 bits per heavy atom. The summed E-state index contributed by atoms with van der Waals surface area (Å²) < 4.78 is 1.70. The van der Waals surface area contributed by atoms with Crippen LogP contribution >= 0.6 is 0 Å². The Hall–Kier alpha value is -1.07. The molecule has 5 N–H and O–H groups in total. The molecule has 1 aromatic rings. The summed E-state index contributed by atoms with van der Waals surface area (Å²) >= 11 is 0. The Bertz CT molecular complexity index is 352. The van der Waals surface area contributed by atoms with Crippen molar-refractivity contribution in [3.05, 3.63) is 11.8 Å². The minimum absolute atomic E-state index is 0.141. The van der Waals surface area contributed by atoms with Crippen LogP contribution in [0.3, 0.4) is 0 Å². The van der Waals surface area contributed by atoms with Gasteiger partial charge in [0.1, 0.15) is 5.82 Å². The molecule has 0 spiro atoms. The van der Waals surface area contributed by atoms with E-state index in [0.717, 1.165) is 11.4 Å². The van der Waals surface area contributed by atoms with E-state index in [1.54, 1.807) is 4.68 Å². The van der Waals surface area contributed by atoms with Crippen molar-refractivity contribution in [2.45, 2.75) is 44.6 Å². The van der Waals surface area contributed by atoms with Gasteiger partial charge in [0.25, 0.3) is 0 Å². The molecule has 1 atom stereocenters. The number of nitrogens with one attached hydrogen (secondary N) is 1. The zero-order valence-corrected chi connectivity index (χ0v) is 10.5. The van der Waals surface area contributed by atoms with Crippen LogP contribution in [0.1, 0.15) is 50.1 Å². The van der Waals surface area contributed by atoms with Gasteiger partial charge in [0, 0.05) is 12.6 Å². The van der Waals surface area contributed by atoms with Gasteiger partial charge in [0.15, 0.2) is 0 Å². The SMILES string of the molecule is Cn1ncc(C(NN)C2CCCCCC2)c1N. The van der Waals surface area contributed by atoms with Gasteiger partial charge in [0.05, 0.1) is 12.2 Å². The minimum atomic E-state index is 0.141. The molecule has 0 aromatic carbocycles. The Balaban J connectivity index is 2.17. The van der Waals surface area contributed by atoms with Gasteiger partial charge in [-0.25, -0.2) is 0 Å². The maximum Gasteiger partial charge on any atom is 0.126 e. The van der Waals surface area contributed by atoms with Crippen LogP contribution in [0, 0.1) is 5.92 Å². The first-order valence-corrected chi connectivity index (χ1v) is 6.47. The molecule has 0 radical (unpaired) electrons. The highest BCUT2D eigenvalue weighted by molar-refractivity contribution is 5.41. The van der Waals surface area contributed by atoms with Gasteiger partial charge < -0.3 is 5.73 Å². The lowest BCUT2D eigenvalue weighted by molar-refractivity contribution is 0.330. The number of nitrogens with two attached hydrogens (primary N) is 2. The van der Waals surface area contributed by atoms with Crippen molar-refractivity contribution >= 4 is 5.82 Å². The summed E-state index contributed by atoms with van der Waals surface area (Å²) in [6, 6.07) is 0.141. The molecule has 1 saturated carbocycles. The lowest BCUT2D eigenvalue weighted by atomic mass is 9.88. The van der Waals surface area contributed by atoms with Crippen LogP contribution < -0.4 is 17.0 Å². The standard InChI is InChI=1S/C12H23N5/c1-17-12(13)10(8-15-17)11(16-14)9-6-4-2-3-5-7-9/h8-9,11,16H,2-7,13-14H2,1H3. The average Bonchev–Trinajstić information content (AvgIpc) is 2.59. The van der Waals surface area contributed by atoms with Crippen molar-refractivity contribution in [1.29, 1.82) is 0 Å². The van der Waals surface area contributed by atoms with Crippen LogP contribution in [0.25, 0.3) is 0 Å². The highest BCUT2D eigenvalue weighted by atomic mass is 15.3. The number of hydrogen-bond donors (Lipinski definition) is 3. The molecule has 0 bridgehead atoms. The number of hydrogen-bond acceptors (Lipinski definition) is 4. The van der Waals surface area contributed by atoms with Gasteiger partial charge >= 0.3 is 0 Å². The van der Waals surface area contributed by atoms with Crippen LogP contribution in [-0.4, -0.2) is 9.78 Å². The molecule has 0 aliphatic heterocycles. The summed E-state index contributed by atoms with van der Waals surface area (Å²) in [7, 11) is 1.86. The Morgan fingerprint density at radius 3 is 2.47 bits per heavy atom. The summed E-state index contributed by atoms with van der Waals surface area (Å²) in [6.45, 7) is 0. The first kappa shape index (κ1) is 12.4. The number of aromatic nitrogens is 2. The van der Waals surface area contributed by atoms with E-state index in [4.69, 9.17) is 11.6 Å². The summed E-state index contributed by atoms with van der Waals surface area (Å²) in [5.74, 6) is 7.02. The maximum atomic E-state index is 6.03. The average molecular weight is 237 g/mol. The van der Waals surface area contributed by atoms with Crippen molar-refractivity contribution in [3.63, 3.8) is 0 Å². The Labute approximate surface area is 103 Å². The van der Waals surface area contributed by atoms with Crippen molar-refractivity contribution in [2.24, 2.45) is 18.8 Å². The third-order valence-corrected chi connectivity index (χ3v) is 3.90. The van der Waals surface area contributed by atoms with Crippen molar-refractivity contribution < 1.29 is 0 Å². The fraction of sp³-hybridized carbons (Fsp3) is 0.750. The number of nitrogen functional groups attached to an aromatic ring is 1. The van der Waals surface area contributed by atoms with Crippen molar-refractivity contribution in [2.75, 3.05) is 5.73 Å². The topological polar surface area (TPSA) is 81.9 Å². The first-order chi connectivity index (χ1) is 8.24. The van der Waals surface area contributed by atoms with E-state index in [9.17, 15) is 0 Å². The molecule has 5 heteroatoms. The highest BCUT2D eigenvalue weighted by Crippen LogP contribution is 2.34. The van der Waals surface area contributed by atoms with Gasteiger partial charge in [-0.3, -0.25) is 16.0 Å². The smallest absolute Gasteiger partial charge is 0.126 e. The highest BCUT2D eigenvalue weighted by Gasteiger charge is 2.26. The second-order valence-corrected chi connectivity index (χ2v) is 5.00. The molecular weight excluding hydrogens is 214 g/mol. The fourth-order valence-corrected chi connectivity index (χ4v) is 2.83. The molecule has 96 valence electrons. The number of rotatable bonds is 3. The predicted octanol–water partition coefficient (Wildman–Crippen LogP) is 1.48.